The molecule has 2 saturated heterocycles. The number of benzene rings is 2. The molecular formula is C32H32N6O5. The number of pyridine rings is 1. The lowest BCUT2D eigenvalue weighted by molar-refractivity contribution is 0.0695. The number of carbonyl (C=O) groups is 1. The van der Waals surface area contributed by atoms with Crippen molar-refractivity contribution in [2.24, 2.45) is 0 Å². The molecule has 0 amide bonds. The zero-order chi connectivity index (χ0) is 29.5. The van der Waals surface area contributed by atoms with Gasteiger partial charge in [-0.25, -0.2) is 4.79 Å². The third kappa shape index (κ3) is 4.95. The fourth-order valence-electron chi connectivity index (χ4n) is 6.32. The van der Waals surface area contributed by atoms with E-state index in [4.69, 9.17) is 14.1 Å². The first kappa shape index (κ1) is 27.0. The molecule has 2 N–H and O–H groups in total. The Morgan fingerprint density at radius 3 is 2.72 bits per heavy atom. The summed E-state index contributed by atoms with van der Waals surface area (Å²) in [5, 5.41) is 16.9. The SMILES string of the molecule is COC[C@H]1CCCN1c1nc2ccc(-n3cc(C(=O)O)c(=O)cc3-c3ccc(N4CCCC4)c(-c4cn[nH]c4)c3)cc2o1. The number of rotatable bonds is 8. The van der Waals surface area contributed by atoms with Crippen molar-refractivity contribution in [2.75, 3.05) is 43.2 Å². The number of oxazole rings is 1. The number of nitrogens with one attached hydrogen (secondary N) is 1. The quantitative estimate of drug-likeness (QED) is 0.262. The maximum absolute atomic E-state index is 13.0. The molecule has 0 radical (unpaired) electrons. The monoisotopic (exact) mass is 580 g/mol. The molecule has 0 saturated carbocycles. The van der Waals surface area contributed by atoms with Crippen LogP contribution < -0.4 is 15.2 Å². The Bertz CT molecular complexity index is 1850. The number of aromatic carboxylic acids is 1. The summed E-state index contributed by atoms with van der Waals surface area (Å²) >= 11 is 0. The van der Waals surface area contributed by atoms with E-state index < -0.39 is 11.4 Å². The number of methoxy groups -OCH3 is 1. The van der Waals surface area contributed by atoms with Crippen molar-refractivity contribution in [2.45, 2.75) is 31.7 Å². The molecule has 11 heteroatoms. The van der Waals surface area contributed by atoms with Gasteiger partial charge in [-0.15, -0.1) is 0 Å². The predicted molar refractivity (Wildman–Crippen MR) is 163 cm³/mol. The molecule has 43 heavy (non-hydrogen) atoms. The second-order valence-electron chi connectivity index (χ2n) is 11.1. The van der Waals surface area contributed by atoms with Gasteiger partial charge in [0, 0.05) is 73.8 Å². The van der Waals surface area contributed by atoms with E-state index in [1.54, 1.807) is 17.9 Å². The zero-order valence-corrected chi connectivity index (χ0v) is 23.8. The standard InChI is InChI=1S/C32H32N6O5/c1-42-19-23-5-4-12-37(23)32-35-26-8-7-22(14-30(26)43-32)38-18-25(31(40)41)29(39)15-28(38)20-6-9-27(36-10-2-3-11-36)24(13-20)21-16-33-34-17-21/h6-9,13-18,23H,2-5,10-12,19H2,1H3,(H,33,34)(H,40,41)/t23-/m1/s1. The van der Waals surface area contributed by atoms with Crippen molar-refractivity contribution in [3.05, 3.63) is 76.8 Å². The molecule has 220 valence electrons. The maximum atomic E-state index is 13.0. The Labute approximate surface area is 247 Å². The van der Waals surface area contributed by atoms with Crippen LogP contribution in [0.1, 0.15) is 36.0 Å². The highest BCUT2D eigenvalue weighted by Gasteiger charge is 2.28. The molecule has 2 aliphatic rings. The van der Waals surface area contributed by atoms with Crippen molar-refractivity contribution >= 4 is 28.8 Å². The number of nitrogens with zero attached hydrogens (tertiary/aromatic N) is 5. The summed E-state index contributed by atoms with van der Waals surface area (Å²) in [4.78, 5) is 34.3. The first-order chi connectivity index (χ1) is 21.0. The van der Waals surface area contributed by atoms with Gasteiger partial charge in [-0.3, -0.25) is 9.89 Å². The molecule has 7 rings (SSSR count). The Hall–Kier alpha value is -4.90. The van der Waals surface area contributed by atoms with Crippen molar-refractivity contribution in [3.8, 4) is 28.1 Å². The molecule has 5 aromatic rings. The van der Waals surface area contributed by atoms with Crippen LogP contribution in [0, 0.1) is 0 Å². The number of aromatic amines is 1. The smallest absolute Gasteiger partial charge is 0.341 e. The van der Waals surface area contributed by atoms with E-state index >= 15 is 0 Å². The average Bonchev–Trinajstić information content (AvgIpc) is 3.84. The van der Waals surface area contributed by atoms with Crippen LogP contribution in [0.4, 0.5) is 11.7 Å². The second-order valence-corrected chi connectivity index (χ2v) is 11.1. The molecule has 11 nitrogen and oxygen atoms in total. The van der Waals surface area contributed by atoms with Crippen LogP contribution in [0.25, 0.3) is 39.2 Å². The van der Waals surface area contributed by atoms with E-state index in [9.17, 15) is 14.7 Å². The van der Waals surface area contributed by atoms with Crippen molar-refractivity contribution in [1.29, 1.82) is 0 Å². The molecule has 0 aliphatic carbocycles. The van der Waals surface area contributed by atoms with Gasteiger partial charge in [-0.05, 0) is 55.5 Å². The molecule has 0 bridgehead atoms. The number of aromatic nitrogens is 4. The highest BCUT2D eigenvalue weighted by Crippen LogP contribution is 2.37. The van der Waals surface area contributed by atoms with Crippen LogP contribution in [0.3, 0.4) is 0 Å². The van der Waals surface area contributed by atoms with Gasteiger partial charge in [-0.2, -0.15) is 10.1 Å². The van der Waals surface area contributed by atoms with Gasteiger partial charge in [0.25, 0.3) is 6.01 Å². The predicted octanol–water partition coefficient (Wildman–Crippen LogP) is 4.95. The summed E-state index contributed by atoms with van der Waals surface area (Å²) in [6.45, 7) is 3.39. The van der Waals surface area contributed by atoms with Crippen LogP contribution >= 0.6 is 0 Å². The van der Waals surface area contributed by atoms with Gasteiger partial charge in [0.15, 0.2) is 11.0 Å². The van der Waals surface area contributed by atoms with Crippen LogP contribution in [0.5, 0.6) is 0 Å². The van der Waals surface area contributed by atoms with Gasteiger partial charge in [0.1, 0.15) is 11.1 Å². The molecule has 1 atom stereocenters. The summed E-state index contributed by atoms with van der Waals surface area (Å²) < 4.78 is 13.4. The molecule has 2 fully saturated rings. The molecule has 2 aliphatic heterocycles. The number of fused-ring (bicyclic) bond motifs is 1. The highest BCUT2D eigenvalue weighted by molar-refractivity contribution is 5.89. The van der Waals surface area contributed by atoms with E-state index in [0.29, 0.717) is 35.1 Å². The lowest BCUT2D eigenvalue weighted by Crippen LogP contribution is -2.32. The zero-order valence-electron chi connectivity index (χ0n) is 23.8. The number of hydrogen-bond acceptors (Lipinski definition) is 8. The number of anilines is 2. The van der Waals surface area contributed by atoms with Crippen molar-refractivity contribution in [3.63, 3.8) is 0 Å². The summed E-state index contributed by atoms with van der Waals surface area (Å²) in [5.74, 6) is -1.28. The van der Waals surface area contributed by atoms with E-state index in [-0.39, 0.29) is 11.6 Å². The van der Waals surface area contributed by atoms with Gasteiger partial charge in [0.05, 0.1) is 24.5 Å². The Morgan fingerprint density at radius 1 is 1.09 bits per heavy atom. The van der Waals surface area contributed by atoms with E-state index in [1.165, 1.54) is 12.3 Å². The lowest BCUT2D eigenvalue weighted by atomic mass is 10.00. The molecule has 2 aromatic carbocycles. The van der Waals surface area contributed by atoms with Crippen LogP contribution in [0.15, 0.2) is 70.3 Å². The minimum atomic E-state index is -1.28. The van der Waals surface area contributed by atoms with Crippen LogP contribution in [-0.4, -0.2) is 70.2 Å². The maximum Gasteiger partial charge on any atom is 0.341 e. The fourth-order valence-corrected chi connectivity index (χ4v) is 6.32. The molecule has 5 heterocycles. The summed E-state index contributed by atoms with van der Waals surface area (Å²) in [6, 6.07) is 13.8. The molecule has 3 aromatic heterocycles. The third-order valence-electron chi connectivity index (χ3n) is 8.45. The lowest BCUT2D eigenvalue weighted by Gasteiger charge is -2.22. The van der Waals surface area contributed by atoms with Gasteiger partial charge in [-0.1, -0.05) is 6.07 Å². The summed E-state index contributed by atoms with van der Waals surface area (Å²) in [5.41, 5.74) is 5.39. The number of ether oxygens (including phenoxy) is 1. The summed E-state index contributed by atoms with van der Waals surface area (Å²) in [6.07, 6.45) is 9.35. The number of carboxylic acids is 1. The first-order valence-corrected chi connectivity index (χ1v) is 14.6. The number of H-pyrrole nitrogens is 1. The highest BCUT2D eigenvalue weighted by atomic mass is 16.5. The minimum absolute atomic E-state index is 0.203. The van der Waals surface area contributed by atoms with Crippen molar-refractivity contribution < 1.29 is 19.1 Å². The Morgan fingerprint density at radius 2 is 1.95 bits per heavy atom. The normalized spacial score (nSPS) is 16.9. The van der Waals surface area contributed by atoms with Gasteiger partial charge in [0.2, 0.25) is 0 Å². The first-order valence-electron chi connectivity index (χ1n) is 14.6. The minimum Gasteiger partial charge on any atom is -0.477 e. The third-order valence-corrected chi connectivity index (χ3v) is 8.45. The summed E-state index contributed by atoms with van der Waals surface area (Å²) in [7, 11) is 1.69. The van der Waals surface area contributed by atoms with Crippen LogP contribution in [-0.2, 0) is 4.74 Å². The fraction of sp³-hybridized carbons (Fsp3) is 0.312. The average molecular weight is 581 g/mol. The van der Waals surface area contributed by atoms with Gasteiger partial charge < -0.3 is 28.6 Å². The van der Waals surface area contributed by atoms with Crippen LogP contribution in [0.2, 0.25) is 0 Å². The Balaban J connectivity index is 1.35. The molecule has 0 spiro atoms. The topological polar surface area (TPSA) is 130 Å². The number of hydrogen-bond donors (Lipinski definition) is 2. The Kier molecular flexibility index (Phi) is 6.94. The van der Waals surface area contributed by atoms with E-state index in [1.807, 2.05) is 36.5 Å². The second kappa shape index (κ2) is 11.1. The van der Waals surface area contributed by atoms with Crippen molar-refractivity contribution in [1.82, 2.24) is 19.7 Å². The number of carboxylic acid groups (broad SMARTS) is 1. The largest absolute Gasteiger partial charge is 0.477 e. The van der Waals surface area contributed by atoms with E-state index in [2.05, 4.69) is 26.1 Å². The molecular weight excluding hydrogens is 548 g/mol. The van der Waals surface area contributed by atoms with Gasteiger partial charge >= 0.3 is 5.97 Å². The van der Waals surface area contributed by atoms with E-state index in [0.717, 1.165) is 67.7 Å². The molecule has 0 unspecified atom stereocenters.